The number of methoxy groups -OCH3 is 3. The zero-order valence-electron chi connectivity index (χ0n) is 13.1. The highest BCUT2D eigenvalue weighted by Crippen LogP contribution is 2.39. The molecule has 1 unspecified atom stereocenters. The number of hydrogen-bond acceptors (Lipinski definition) is 5. The lowest BCUT2D eigenvalue weighted by Gasteiger charge is -2.15. The SMILES string of the molecule is COc1cc(NC(=O)CC2CCNC2)cc(OC)c1OC.Cl. The number of benzene rings is 1. The van der Waals surface area contributed by atoms with E-state index in [9.17, 15) is 4.79 Å². The Morgan fingerprint density at radius 1 is 1.23 bits per heavy atom. The van der Waals surface area contributed by atoms with Gasteiger partial charge in [-0.25, -0.2) is 0 Å². The first kappa shape index (κ1) is 18.4. The van der Waals surface area contributed by atoms with Gasteiger partial charge in [-0.15, -0.1) is 12.4 Å². The molecule has 1 atom stereocenters. The van der Waals surface area contributed by atoms with E-state index in [2.05, 4.69) is 10.6 Å². The maximum atomic E-state index is 12.1. The monoisotopic (exact) mass is 330 g/mol. The third-order valence-corrected chi connectivity index (χ3v) is 3.58. The minimum atomic E-state index is -0.00188. The summed E-state index contributed by atoms with van der Waals surface area (Å²) in [7, 11) is 4.64. The van der Waals surface area contributed by atoms with Crippen LogP contribution in [0.25, 0.3) is 0 Å². The summed E-state index contributed by atoms with van der Waals surface area (Å²) in [6.45, 7) is 1.89. The molecule has 1 aliphatic heterocycles. The molecule has 1 aromatic rings. The van der Waals surface area contributed by atoms with E-state index in [0.29, 0.717) is 35.3 Å². The highest BCUT2D eigenvalue weighted by atomic mass is 35.5. The number of nitrogens with one attached hydrogen (secondary N) is 2. The van der Waals surface area contributed by atoms with Crippen molar-refractivity contribution in [1.29, 1.82) is 0 Å². The minimum Gasteiger partial charge on any atom is -0.493 e. The fourth-order valence-electron chi connectivity index (χ4n) is 2.52. The van der Waals surface area contributed by atoms with Crippen molar-refractivity contribution in [2.24, 2.45) is 5.92 Å². The van der Waals surface area contributed by atoms with Gasteiger partial charge < -0.3 is 24.8 Å². The molecule has 2 rings (SSSR count). The second-order valence-electron chi connectivity index (χ2n) is 5.03. The first-order chi connectivity index (χ1) is 10.2. The number of ether oxygens (including phenoxy) is 3. The van der Waals surface area contributed by atoms with Crippen LogP contribution in [0.5, 0.6) is 17.2 Å². The van der Waals surface area contributed by atoms with Crippen LogP contribution in [-0.4, -0.2) is 40.3 Å². The van der Waals surface area contributed by atoms with Crippen molar-refractivity contribution in [3.05, 3.63) is 12.1 Å². The van der Waals surface area contributed by atoms with Gasteiger partial charge in [0.2, 0.25) is 11.7 Å². The van der Waals surface area contributed by atoms with E-state index < -0.39 is 0 Å². The molecule has 124 valence electrons. The standard InChI is InChI=1S/C15H22N2O4.ClH/c1-19-12-7-11(8-13(20-2)15(12)21-3)17-14(18)6-10-4-5-16-9-10;/h7-8,10,16H,4-6,9H2,1-3H3,(H,17,18);1H. The predicted octanol–water partition coefficient (Wildman–Crippen LogP) is 2.07. The molecule has 1 aromatic carbocycles. The highest BCUT2D eigenvalue weighted by molar-refractivity contribution is 5.91. The number of halogens is 1. The quantitative estimate of drug-likeness (QED) is 0.835. The van der Waals surface area contributed by atoms with Crippen LogP contribution in [0.3, 0.4) is 0 Å². The molecule has 1 heterocycles. The molecule has 0 aromatic heterocycles. The van der Waals surface area contributed by atoms with E-state index in [1.165, 1.54) is 0 Å². The van der Waals surface area contributed by atoms with Gasteiger partial charge >= 0.3 is 0 Å². The summed E-state index contributed by atoms with van der Waals surface area (Å²) in [4.78, 5) is 12.1. The smallest absolute Gasteiger partial charge is 0.224 e. The Labute approximate surface area is 136 Å². The Balaban J connectivity index is 0.00000242. The number of carbonyl (C=O) groups is 1. The molecular weight excluding hydrogens is 308 g/mol. The Hall–Kier alpha value is -1.66. The summed E-state index contributed by atoms with van der Waals surface area (Å²) in [5.41, 5.74) is 0.639. The van der Waals surface area contributed by atoms with E-state index >= 15 is 0 Å². The number of hydrogen-bond donors (Lipinski definition) is 2. The van der Waals surface area contributed by atoms with E-state index in [4.69, 9.17) is 14.2 Å². The average Bonchev–Trinajstić information content (AvgIpc) is 2.98. The van der Waals surface area contributed by atoms with Crippen LogP contribution in [0.1, 0.15) is 12.8 Å². The number of carbonyl (C=O) groups excluding carboxylic acids is 1. The Bertz CT molecular complexity index is 479. The van der Waals surface area contributed by atoms with E-state index in [0.717, 1.165) is 19.5 Å². The molecular formula is C15H23ClN2O4. The van der Waals surface area contributed by atoms with Crippen molar-refractivity contribution in [2.45, 2.75) is 12.8 Å². The van der Waals surface area contributed by atoms with Crippen LogP contribution in [-0.2, 0) is 4.79 Å². The maximum absolute atomic E-state index is 12.1. The van der Waals surface area contributed by atoms with E-state index in [-0.39, 0.29) is 18.3 Å². The van der Waals surface area contributed by atoms with Gasteiger partial charge in [-0.2, -0.15) is 0 Å². The lowest BCUT2D eigenvalue weighted by molar-refractivity contribution is -0.116. The van der Waals surface area contributed by atoms with Gasteiger partial charge in [-0.3, -0.25) is 4.79 Å². The number of amides is 1. The molecule has 6 nitrogen and oxygen atoms in total. The molecule has 2 N–H and O–H groups in total. The molecule has 1 saturated heterocycles. The lowest BCUT2D eigenvalue weighted by atomic mass is 10.0. The van der Waals surface area contributed by atoms with Gasteiger partial charge in [-0.1, -0.05) is 0 Å². The topological polar surface area (TPSA) is 68.8 Å². The molecule has 0 aliphatic carbocycles. The zero-order chi connectivity index (χ0) is 15.2. The van der Waals surface area contributed by atoms with Crippen molar-refractivity contribution in [2.75, 3.05) is 39.7 Å². The van der Waals surface area contributed by atoms with Crippen LogP contribution in [0.4, 0.5) is 5.69 Å². The van der Waals surface area contributed by atoms with Gasteiger partial charge in [0, 0.05) is 24.2 Å². The summed E-state index contributed by atoms with van der Waals surface area (Å²) in [5, 5.41) is 6.14. The van der Waals surface area contributed by atoms with Crippen LogP contribution in [0.2, 0.25) is 0 Å². The molecule has 1 aliphatic rings. The van der Waals surface area contributed by atoms with Gasteiger partial charge in [-0.05, 0) is 25.4 Å². The third-order valence-electron chi connectivity index (χ3n) is 3.58. The molecule has 22 heavy (non-hydrogen) atoms. The summed E-state index contributed by atoms with van der Waals surface area (Å²) in [6, 6.07) is 3.46. The van der Waals surface area contributed by atoms with Crippen molar-refractivity contribution in [3.63, 3.8) is 0 Å². The Morgan fingerprint density at radius 2 is 1.86 bits per heavy atom. The summed E-state index contributed by atoms with van der Waals surface area (Å²) in [6.07, 6.45) is 1.56. The average molecular weight is 331 g/mol. The predicted molar refractivity (Wildman–Crippen MR) is 87.6 cm³/mol. The maximum Gasteiger partial charge on any atom is 0.224 e. The number of rotatable bonds is 6. The second-order valence-corrected chi connectivity index (χ2v) is 5.03. The van der Waals surface area contributed by atoms with Crippen LogP contribution in [0, 0.1) is 5.92 Å². The lowest BCUT2D eigenvalue weighted by Crippen LogP contribution is -2.18. The Kier molecular flexibility index (Phi) is 7.27. The van der Waals surface area contributed by atoms with Crippen molar-refractivity contribution < 1.29 is 19.0 Å². The van der Waals surface area contributed by atoms with Crippen LogP contribution >= 0.6 is 12.4 Å². The van der Waals surface area contributed by atoms with Gasteiger partial charge in [0.05, 0.1) is 21.3 Å². The first-order valence-electron chi connectivity index (χ1n) is 6.98. The normalized spacial score (nSPS) is 16.6. The fourth-order valence-corrected chi connectivity index (χ4v) is 2.52. The van der Waals surface area contributed by atoms with Gasteiger partial charge in [0.25, 0.3) is 0 Å². The van der Waals surface area contributed by atoms with Gasteiger partial charge in [0.1, 0.15) is 0 Å². The molecule has 7 heteroatoms. The zero-order valence-corrected chi connectivity index (χ0v) is 13.9. The second kappa shape index (κ2) is 8.70. The summed E-state index contributed by atoms with van der Waals surface area (Å²) in [5.74, 6) is 1.97. The molecule has 0 bridgehead atoms. The van der Waals surface area contributed by atoms with Crippen LogP contribution < -0.4 is 24.8 Å². The molecule has 1 amide bonds. The van der Waals surface area contributed by atoms with Crippen molar-refractivity contribution >= 4 is 24.0 Å². The van der Waals surface area contributed by atoms with Crippen molar-refractivity contribution in [1.82, 2.24) is 5.32 Å². The number of anilines is 1. The highest BCUT2D eigenvalue weighted by Gasteiger charge is 2.19. The van der Waals surface area contributed by atoms with Gasteiger partial charge in [0.15, 0.2) is 11.5 Å². The molecule has 0 saturated carbocycles. The molecule has 1 fully saturated rings. The van der Waals surface area contributed by atoms with E-state index in [1.807, 2.05) is 0 Å². The molecule has 0 spiro atoms. The fraction of sp³-hybridized carbons (Fsp3) is 0.533. The summed E-state index contributed by atoms with van der Waals surface area (Å²) >= 11 is 0. The largest absolute Gasteiger partial charge is 0.493 e. The van der Waals surface area contributed by atoms with Crippen molar-refractivity contribution in [3.8, 4) is 17.2 Å². The van der Waals surface area contributed by atoms with E-state index in [1.54, 1.807) is 33.5 Å². The Morgan fingerprint density at radius 3 is 2.32 bits per heavy atom. The third kappa shape index (κ3) is 4.42. The van der Waals surface area contributed by atoms with Crippen LogP contribution in [0.15, 0.2) is 12.1 Å². The minimum absolute atomic E-state index is 0. The first-order valence-corrected chi connectivity index (χ1v) is 6.98. The molecule has 0 radical (unpaired) electrons. The summed E-state index contributed by atoms with van der Waals surface area (Å²) < 4.78 is 15.8.